The number of fused-ring (bicyclic) bond motifs is 1. The topological polar surface area (TPSA) is 68.2 Å². The third-order valence-corrected chi connectivity index (χ3v) is 8.73. The molecule has 2 heterocycles. The Morgan fingerprint density at radius 2 is 2.03 bits per heavy atom. The van der Waals surface area contributed by atoms with E-state index in [0.717, 1.165) is 80.1 Å². The maximum absolute atomic E-state index is 12.9. The van der Waals surface area contributed by atoms with Crippen molar-refractivity contribution in [1.82, 2.24) is 4.90 Å². The van der Waals surface area contributed by atoms with Gasteiger partial charge in [-0.25, -0.2) is 0 Å². The van der Waals surface area contributed by atoms with Crippen molar-refractivity contribution in [3.05, 3.63) is 64.7 Å². The molecule has 0 saturated heterocycles. The molecule has 0 aromatic heterocycles. The van der Waals surface area contributed by atoms with Gasteiger partial charge < -0.3 is 19.3 Å². The number of rotatable bonds is 7. The van der Waals surface area contributed by atoms with Crippen molar-refractivity contribution in [2.75, 3.05) is 27.3 Å². The molecule has 6 rings (SSSR count). The van der Waals surface area contributed by atoms with E-state index in [1.165, 1.54) is 11.1 Å². The minimum absolute atomic E-state index is 0.0591. The first-order valence-electron chi connectivity index (χ1n) is 13.2. The summed E-state index contributed by atoms with van der Waals surface area (Å²) in [5.74, 6) is 2.84. The second kappa shape index (κ2) is 9.24. The van der Waals surface area contributed by atoms with E-state index >= 15 is 0 Å². The zero-order valence-electron chi connectivity index (χ0n) is 21.2. The number of ketones is 1. The molecule has 6 heteroatoms. The van der Waals surface area contributed by atoms with E-state index in [4.69, 9.17) is 14.2 Å². The molecule has 2 unspecified atom stereocenters. The Morgan fingerprint density at radius 1 is 1.14 bits per heavy atom. The highest BCUT2D eigenvalue weighted by Gasteiger charge is 2.52. The maximum Gasteiger partial charge on any atom is 0.166 e. The third kappa shape index (κ3) is 3.82. The zero-order chi connectivity index (χ0) is 24.9. The van der Waals surface area contributed by atoms with E-state index in [1.807, 2.05) is 30.3 Å². The van der Waals surface area contributed by atoms with Crippen molar-refractivity contribution in [3.8, 4) is 17.2 Å². The number of Topliss-reactive ketones (excluding diaryl/α,β-unsaturated/α-hetero) is 1. The number of hydrogen-bond donors (Lipinski definition) is 1. The van der Waals surface area contributed by atoms with Crippen LogP contribution in [0.4, 0.5) is 0 Å². The SMILES string of the molecule is COc1ccc2c(c1)CC(CCCCN1CCC34C=C[C@H](O)C[C@@H]3Oc3c(OC)ccc(c34)C1)C2=O. The summed E-state index contributed by atoms with van der Waals surface area (Å²) >= 11 is 0. The molecular weight excluding hydrogens is 454 g/mol. The molecule has 0 amide bonds. The molecule has 4 aliphatic rings. The molecule has 2 aliphatic carbocycles. The summed E-state index contributed by atoms with van der Waals surface area (Å²) in [4.78, 5) is 15.4. The van der Waals surface area contributed by atoms with Crippen LogP contribution in [-0.2, 0) is 18.4 Å². The predicted molar refractivity (Wildman–Crippen MR) is 137 cm³/mol. The predicted octanol–water partition coefficient (Wildman–Crippen LogP) is 4.45. The van der Waals surface area contributed by atoms with Gasteiger partial charge in [-0.05, 0) is 74.2 Å². The van der Waals surface area contributed by atoms with Crippen molar-refractivity contribution < 1.29 is 24.1 Å². The van der Waals surface area contributed by atoms with Crippen LogP contribution < -0.4 is 14.2 Å². The number of carbonyl (C=O) groups is 1. The first kappa shape index (κ1) is 23.6. The third-order valence-electron chi connectivity index (χ3n) is 8.73. The van der Waals surface area contributed by atoms with Crippen molar-refractivity contribution >= 4 is 5.78 Å². The van der Waals surface area contributed by atoms with E-state index in [2.05, 4.69) is 17.0 Å². The van der Waals surface area contributed by atoms with E-state index in [9.17, 15) is 9.90 Å². The van der Waals surface area contributed by atoms with Crippen LogP contribution in [0.25, 0.3) is 0 Å². The Hall–Kier alpha value is -2.83. The number of methoxy groups -OCH3 is 2. The Labute approximate surface area is 212 Å². The standard InChI is InChI=1S/C30H35NO5/c1-34-23-7-8-24-21(16-23)15-19(28(24)33)5-3-4-13-31-14-12-30-11-10-22(32)17-26(30)36-29-25(35-2)9-6-20(18-31)27(29)30/h6-11,16,19,22,26,32H,3-5,12-15,17-18H2,1-2H3/t19?,22-,26-,30?/m0/s1. The summed E-state index contributed by atoms with van der Waals surface area (Å²) in [6.07, 6.45) is 9.07. The molecule has 2 aromatic rings. The number of unbranched alkanes of at least 4 members (excludes halogenated alkanes) is 1. The van der Waals surface area contributed by atoms with Crippen LogP contribution >= 0.6 is 0 Å². The average Bonchev–Trinajstić information content (AvgIpc) is 3.33. The molecule has 0 radical (unpaired) electrons. The molecule has 0 bridgehead atoms. The first-order chi connectivity index (χ1) is 17.5. The van der Waals surface area contributed by atoms with Crippen LogP contribution in [0.15, 0.2) is 42.5 Å². The van der Waals surface area contributed by atoms with Crippen LogP contribution in [0.3, 0.4) is 0 Å². The summed E-state index contributed by atoms with van der Waals surface area (Å²) in [7, 11) is 3.36. The molecular formula is C30H35NO5. The van der Waals surface area contributed by atoms with Gasteiger partial charge in [0, 0.05) is 30.0 Å². The van der Waals surface area contributed by atoms with Gasteiger partial charge in [0.15, 0.2) is 17.3 Å². The summed E-state index contributed by atoms with van der Waals surface area (Å²) in [6.45, 7) is 2.87. The first-order valence-corrected chi connectivity index (χ1v) is 13.2. The van der Waals surface area contributed by atoms with Crippen LogP contribution in [0.1, 0.15) is 59.2 Å². The quantitative estimate of drug-likeness (QED) is 0.458. The monoisotopic (exact) mass is 489 g/mol. The molecule has 0 saturated carbocycles. The van der Waals surface area contributed by atoms with Gasteiger partial charge in [-0.3, -0.25) is 9.69 Å². The second-order valence-corrected chi connectivity index (χ2v) is 10.8. The number of nitrogens with zero attached hydrogens (tertiary/aromatic N) is 1. The van der Waals surface area contributed by atoms with Gasteiger partial charge in [-0.15, -0.1) is 0 Å². The van der Waals surface area contributed by atoms with E-state index < -0.39 is 6.10 Å². The minimum atomic E-state index is -0.464. The normalized spacial score (nSPS) is 28.2. The highest BCUT2D eigenvalue weighted by Crippen LogP contribution is 2.55. The lowest BCUT2D eigenvalue weighted by atomic mass is 9.69. The smallest absolute Gasteiger partial charge is 0.166 e. The van der Waals surface area contributed by atoms with Crippen LogP contribution in [0, 0.1) is 5.92 Å². The van der Waals surface area contributed by atoms with Crippen LogP contribution in [0.5, 0.6) is 17.2 Å². The van der Waals surface area contributed by atoms with Crippen LogP contribution in [-0.4, -0.2) is 55.3 Å². The number of aliphatic hydroxyl groups excluding tert-OH is 1. The Morgan fingerprint density at radius 3 is 2.86 bits per heavy atom. The molecule has 1 N–H and O–H groups in total. The molecule has 1 spiro atoms. The van der Waals surface area contributed by atoms with Gasteiger partial charge in [0.25, 0.3) is 0 Å². The highest BCUT2D eigenvalue weighted by molar-refractivity contribution is 6.02. The molecule has 6 nitrogen and oxygen atoms in total. The number of hydrogen-bond acceptors (Lipinski definition) is 6. The Kier molecular flexibility index (Phi) is 6.05. The van der Waals surface area contributed by atoms with Gasteiger partial charge in [0.05, 0.1) is 25.7 Å². The van der Waals surface area contributed by atoms with E-state index in [1.54, 1.807) is 14.2 Å². The Balaban J connectivity index is 1.11. The molecule has 36 heavy (non-hydrogen) atoms. The van der Waals surface area contributed by atoms with Crippen molar-refractivity contribution in [3.63, 3.8) is 0 Å². The molecule has 2 aromatic carbocycles. The van der Waals surface area contributed by atoms with E-state index in [0.29, 0.717) is 12.2 Å². The molecule has 4 atom stereocenters. The molecule has 190 valence electrons. The largest absolute Gasteiger partial charge is 0.497 e. The van der Waals surface area contributed by atoms with Crippen molar-refractivity contribution in [1.29, 1.82) is 0 Å². The van der Waals surface area contributed by atoms with Crippen LogP contribution in [0.2, 0.25) is 0 Å². The van der Waals surface area contributed by atoms with Gasteiger partial charge in [0.2, 0.25) is 0 Å². The lowest BCUT2D eigenvalue weighted by molar-refractivity contribution is 0.0809. The molecule has 2 aliphatic heterocycles. The van der Waals surface area contributed by atoms with Crippen molar-refractivity contribution in [2.24, 2.45) is 5.92 Å². The van der Waals surface area contributed by atoms with Gasteiger partial charge in [0.1, 0.15) is 11.9 Å². The minimum Gasteiger partial charge on any atom is -0.497 e. The number of carbonyl (C=O) groups excluding carboxylic acids is 1. The lowest BCUT2D eigenvalue weighted by Gasteiger charge is -2.36. The second-order valence-electron chi connectivity index (χ2n) is 10.8. The van der Waals surface area contributed by atoms with Gasteiger partial charge in [-0.1, -0.05) is 24.6 Å². The number of benzene rings is 2. The fraction of sp³-hybridized carbons (Fsp3) is 0.500. The zero-order valence-corrected chi connectivity index (χ0v) is 21.2. The highest BCUT2D eigenvalue weighted by atomic mass is 16.5. The van der Waals surface area contributed by atoms with Crippen molar-refractivity contribution in [2.45, 2.75) is 62.7 Å². The van der Waals surface area contributed by atoms with Gasteiger partial charge in [-0.2, -0.15) is 0 Å². The lowest BCUT2D eigenvalue weighted by Crippen LogP contribution is -2.43. The Bertz CT molecular complexity index is 1210. The summed E-state index contributed by atoms with van der Waals surface area (Å²) in [5, 5.41) is 10.3. The number of ether oxygens (including phenoxy) is 3. The van der Waals surface area contributed by atoms with Gasteiger partial charge >= 0.3 is 0 Å². The summed E-state index contributed by atoms with van der Waals surface area (Å²) in [5.41, 5.74) is 4.35. The summed E-state index contributed by atoms with van der Waals surface area (Å²) < 4.78 is 17.4. The molecule has 0 fully saturated rings. The average molecular weight is 490 g/mol. The maximum atomic E-state index is 12.9. The van der Waals surface area contributed by atoms with E-state index in [-0.39, 0.29) is 17.4 Å². The number of aliphatic hydroxyl groups is 1. The fourth-order valence-electron chi connectivity index (χ4n) is 6.83. The fourth-order valence-corrected chi connectivity index (χ4v) is 6.83. The summed E-state index contributed by atoms with van der Waals surface area (Å²) in [6, 6.07) is 10.0.